The Morgan fingerprint density at radius 1 is 1.03 bits per heavy atom. The van der Waals surface area contributed by atoms with Crippen LogP contribution in [-0.2, 0) is 26.2 Å². The van der Waals surface area contributed by atoms with E-state index in [2.05, 4.69) is 5.32 Å². The molecule has 1 atom stereocenters. The van der Waals surface area contributed by atoms with Crippen LogP contribution in [0, 0.1) is 11.6 Å². The van der Waals surface area contributed by atoms with Crippen molar-refractivity contribution in [1.29, 1.82) is 0 Å². The van der Waals surface area contributed by atoms with Crippen molar-refractivity contribution in [2.45, 2.75) is 58.5 Å². The number of amides is 2. The van der Waals surface area contributed by atoms with E-state index in [0.29, 0.717) is 18.7 Å². The lowest BCUT2D eigenvalue weighted by atomic mass is 10.1. The molecular formula is C27H37F2N3O5S. The molecule has 0 aromatic heterocycles. The summed E-state index contributed by atoms with van der Waals surface area (Å²) in [5.74, 6) is -2.17. The lowest BCUT2D eigenvalue weighted by Crippen LogP contribution is -2.49. The summed E-state index contributed by atoms with van der Waals surface area (Å²) in [5.41, 5.74) is 0.772. The number of unbranched alkanes of at least 4 members (excludes halogenated alkanes) is 1. The molecule has 0 aliphatic carbocycles. The largest absolute Gasteiger partial charge is 0.497 e. The van der Waals surface area contributed by atoms with E-state index in [1.165, 1.54) is 11.0 Å². The first-order valence-corrected chi connectivity index (χ1v) is 14.5. The number of hydrogen-bond acceptors (Lipinski definition) is 5. The van der Waals surface area contributed by atoms with Crippen LogP contribution in [0.5, 0.6) is 5.75 Å². The van der Waals surface area contributed by atoms with Gasteiger partial charge in [-0.1, -0.05) is 32.4 Å². The Bertz CT molecular complexity index is 1180. The SMILES string of the molecule is CCCCNC(=O)C(CC)N(Cc1ccc(OC)cc1)C(=O)CCCN(c1ccc(F)c(F)c1)S(C)(=O)=O. The molecule has 2 rings (SSSR count). The molecule has 0 aliphatic heterocycles. The Morgan fingerprint density at radius 2 is 1.71 bits per heavy atom. The first-order chi connectivity index (χ1) is 18.0. The molecule has 0 heterocycles. The Labute approximate surface area is 224 Å². The zero-order valence-electron chi connectivity index (χ0n) is 22.4. The van der Waals surface area contributed by atoms with Crippen molar-refractivity contribution >= 4 is 27.5 Å². The predicted octanol–water partition coefficient (Wildman–Crippen LogP) is 4.24. The van der Waals surface area contributed by atoms with E-state index in [0.717, 1.165) is 41.1 Å². The average Bonchev–Trinajstić information content (AvgIpc) is 2.88. The minimum absolute atomic E-state index is 0.0318. The van der Waals surface area contributed by atoms with E-state index in [4.69, 9.17) is 4.74 Å². The molecule has 11 heteroatoms. The van der Waals surface area contributed by atoms with Gasteiger partial charge in [-0.05, 0) is 49.1 Å². The van der Waals surface area contributed by atoms with Gasteiger partial charge >= 0.3 is 0 Å². The number of carbonyl (C=O) groups excluding carboxylic acids is 2. The van der Waals surface area contributed by atoms with Gasteiger partial charge < -0.3 is 15.0 Å². The first kappa shape index (κ1) is 31.0. The molecule has 1 unspecified atom stereocenters. The maximum atomic E-state index is 13.8. The van der Waals surface area contributed by atoms with Crippen LogP contribution in [0.1, 0.15) is 51.5 Å². The number of anilines is 1. The van der Waals surface area contributed by atoms with Crippen molar-refractivity contribution in [3.05, 3.63) is 59.7 Å². The van der Waals surface area contributed by atoms with Crippen molar-refractivity contribution < 1.29 is 31.5 Å². The third-order valence-electron chi connectivity index (χ3n) is 6.07. The summed E-state index contributed by atoms with van der Waals surface area (Å²) in [4.78, 5) is 27.9. The monoisotopic (exact) mass is 553 g/mol. The van der Waals surface area contributed by atoms with Gasteiger partial charge in [0.25, 0.3) is 0 Å². The van der Waals surface area contributed by atoms with E-state index in [-0.39, 0.29) is 43.4 Å². The maximum Gasteiger partial charge on any atom is 0.242 e. The second-order valence-electron chi connectivity index (χ2n) is 8.98. The van der Waals surface area contributed by atoms with E-state index in [1.54, 1.807) is 19.2 Å². The number of rotatable bonds is 15. The van der Waals surface area contributed by atoms with E-state index in [1.807, 2.05) is 26.0 Å². The number of sulfonamides is 1. The van der Waals surface area contributed by atoms with Gasteiger partial charge in [0.15, 0.2) is 11.6 Å². The highest BCUT2D eigenvalue weighted by Crippen LogP contribution is 2.22. The summed E-state index contributed by atoms with van der Waals surface area (Å²) in [7, 11) is -2.27. The molecule has 0 fully saturated rings. The molecule has 2 aromatic rings. The molecule has 210 valence electrons. The summed E-state index contributed by atoms with van der Waals surface area (Å²) < 4.78 is 57.9. The van der Waals surface area contributed by atoms with Crippen LogP contribution in [-0.4, -0.2) is 57.6 Å². The van der Waals surface area contributed by atoms with Crippen molar-refractivity contribution in [3.8, 4) is 5.75 Å². The smallest absolute Gasteiger partial charge is 0.242 e. The number of carbonyl (C=O) groups is 2. The van der Waals surface area contributed by atoms with Crippen molar-refractivity contribution in [2.75, 3.05) is 30.8 Å². The van der Waals surface area contributed by atoms with Crippen LogP contribution in [0.3, 0.4) is 0 Å². The minimum atomic E-state index is -3.82. The molecule has 0 spiro atoms. The van der Waals surface area contributed by atoms with Crippen molar-refractivity contribution in [1.82, 2.24) is 10.2 Å². The second-order valence-corrected chi connectivity index (χ2v) is 10.9. The third kappa shape index (κ3) is 8.97. The summed E-state index contributed by atoms with van der Waals surface area (Å²) in [6, 6.07) is 9.29. The number of nitrogens with one attached hydrogen (secondary N) is 1. The van der Waals surface area contributed by atoms with Gasteiger partial charge in [0.2, 0.25) is 21.8 Å². The molecule has 2 amide bonds. The fourth-order valence-corrected chi connectivity index (χ4v) is 4.95. The van der Waals surface area contributed by atoms with Crippen molar-refractivity contribution in [3.63, 3.8) is 0 Å². The highest BCUT2D eigenvalue weighted by Gasteiger charge is 2.29. The van der Waals surface area contributed by atoms with Crippen molar-refractivity contribution in [2.24, 2.45) is 0 Å². The van der Waals surface area contributed by atoms with Gasteiger partial charge in [-0.3, -0.25) is 13.9 Å². The summed E-state index contributed by atoms with van der Waals surface area (Å²) >= 11 is 0. The zero-order chi connectivity index (χ0) is 28.3. The number of ether oxygens (including phenoxy) is 1. The Morgan fingerprint density at radius 3 is 2.26 bits per heavy atom. The van der Waals surface area contributed by atoms with Crippen LogP contribution in [0.4, 0.5) is 14.5 Å². The summed E-state index contributed by atoms with van der Waals surface area (Å²) in [6.07, 6.45) is 3.15. The maximum absolute atomic E-state index is 13.8. The highest BCUT2D eigenvalue weighted by atomic mass is 32.2. The average molecular weight is 554 g/mol. The van der Waals surface area contributed by atoms with Crippen LogP contribution < -0.4 is 14.4 Å². The molecule has 8 nitrogen and oxygen atoms in total. The van der Waals surface area contributed by atoms with Gasteiger partial charge in [-0.15, -0.1) is 0 Å². The topological polar surface area (TPSA) is 96.0 Å². The summed E-state index contributed by atoms with van der Waals surface area (Å²) in [6.45, 7) is 4.41. The highest BCUT2D eigenvalue weighted by molar-refractivity contribution is 7.92. The predicted molar refractivity (Wildman–Crippen MR) is 143 cm³/mol. The van der Waals surface area contributed by atoms with E-state index in [9.17, 15) is 26.8 Å². The number of methoxy groups -OCH3 is 1. The lowest BCUT2D eigenvalue weighted by Gasteiger charge is -2.31. The fourth-order valence-electron chi connectivity index (χ4n) is 4.00. The van der Waals surface area contributed by atoms with E-state index < -0.39 is 27.7 Å². The van der Waals surface area contributed by atoms with Crippen LogP contribution >= 0.6 is 0 Å². The molecule has 0 saturated heterocycles. The van der Waals surface area contributed by atoms with Gasteiger partial charge in [-0.2, -0.15) is 0 Å². The van der Waals surface area contributed by atoms with Gasteiger partial charge in [-0.25, -0.2) is 17.2 Å². The number of nitrogens with zero attached hydrogens (tertiary/aromatic N) is 2. The quantitative estimate of drug-likeness (QED) is 0.333. The molecule has 0 radical (unpaired) electrons. The number of halogens is 2. The van der Waals surface area contributed by atoms with Crippen LogP contribution in [0.15, 0.2) is 42.5 Å². The van der Waals surface area contributed by atoms with Gasteiger partial charge in [0.05, 0.1) is 19.1 Å². The van der Waals surface area contributed by atoms with Crippen LogP contribution in [0.2, 0.25) is 0 Å². The number of hydrogen-bond donors (Lipinski definition) is 1. The van der Waals surface area contributed by atoms with Gasteiger partial charge in [0, 0.05) is 32.1 Å². The Kier molecular flexibility index (Phi) is 12.0. The second kappa shape index (κ2) is 14.7. The first-order valence-electron chi connectivity index (χ1n) is 12.6. The zero-order valence-corrected chi connectivity index (χ0v) is 23.2. The minimum Gasteiger partial charge on any atom is -0.497 e. The number of benzene rings is 2. The molecule has 2 aromatic carbocycles. The molecular weight excluding hydrogens is 516 g/mol. The third-order valence-corrected chi connectivity index (χ3v) is 7.26. The molecule has 0 saturated carbocycles. The van der Waals surface area contributed by atoms with Gasteiger partial charge in [0.1, 0.15) is 11.8 Å². The molecule has 38 heavy (non-hydrogen) atoms. The standard InChI is InChI=1S/C27H37F2N3O5S/c1-5-7-16-30-27(34)25(6-2)31(19-20-10-13-22(37-3)14-11-20)26(33)9-8-17-32(38(4,35)36)21-12-15-23(28)24(29)18-21/h10-15,18,25H,5-9,16-17,19H2,1-4H3,(H,30,34). The molecule has 0 bridgehead atoms. The Balaban J connectivity index is 2.21. The lowest BCUT2D eigenvalue weighted by molar-refractivity contribution is -0.141. The van der Waals surface area contributed by atoms with E-state index >= 15 is 0 Å². The molecule has 1 N–H and O–H groups in total. The fraction of sp³-hybridized carbons (Fsp3) is 0.481. The normalized spacial score (nSPS) is 12.1. The summed E-state index contributed by atoms with van der Waals surface area (Å²) in [5, 5.41) is 2.89. The molecule has 0 aliphatic rings. The van der Waals surface area contributed by atoms with Crippen LogP contribution in [0.25, 0.3) is 0 Å². The Hall–Kier alpha value is -3.21.